The Hall–Kier alpha value is -1.67. The van der Waals surface area contributed by atoms with E-state index in [0.29, 0.717) is 12.8 Å². The zero-order valence-corrected chi connectivity index (χ0v) is 17.6. The van der Waals surface area contributed by atoms with E-state index in [9.17, 15) is 14.7 Å². The number of carbonyl (C=O) groups is 2. The first-order valence-electron chi connectivity index (χ1n) is 10.5. The molecule has 0 saturated carbocycles. The predicted octanol–water partition coefficient (Wildman–Crippen LogP) is 2.11. The van der Waals surface area contributed by atoms with Crippen LogP contribution < -0.4 is 17.2 Å². The maximum absolute atomic E-state index is 12.6. The Balaban J connectivity index is 4.43. The van der Waals surface area contributed by atoms with Gasteiger partial charge in [0, 0.05) is 13.0 Å². The van der Waals surface area contributed by atoms with E-state index in [1.807, 2.05) is 0 Å². The normalized spacial score (nSPS) is 14.1. The summed E-state index contributed by atoms with van der Waals surface area (Å²) in [5.74, 6) is -1.34. The van der Waals surface area contributed by atoms with E-state index in [4.69, 9.17) is 21.9 Å². The largest absolute Gasteiger partial charge is 0.435 e. The molecule has 0 heterocycles. The molecule has 0 aliphatic rings. The molecule has 0 bridgehead atoms. The molecule has 0 fully saturated rings. The summed E-state index contributed by atoms with van der Waals surface area (Å²) in [6.07, 6.45) is 9.45. The molecule has 164 valence electrons. The van der Waals surface area contributed by atoms with Crippen molar-refractivity contribution in [3.8, 4) is 0 Å². The summed E-state index contributed by atoms with van der Waals surface area (Å²) in [5.41, 5.74) is 14.9. The average molecular weight is 401 g/mol. The number of aliphatic hydroxyl groups excluding tert-OH is 1. The van der Waals surface area contributed by atoms with Crippen molar-refractivity contribution in [2.45, 2.75) is 103 Å². The van der Waals surface area contributed by atoms with E-state index in [-0.39, 0.29) is 31.1 Å². The molecule has 0 amide bonds. The number of carbonyl (C=O) groups excluding carboxylic acids is 2. The van der Waals surface area contributed by atoms with Crippen LogP contribution in [0.15, 0.2) is 4.99 Å². The van der Waals surface area contributed by atoms with Crippen molar-refractivity contribution in [3.05, 3.63) is 0 Å². The molecule has 28 heavy (non-hydrogen) atoms. The Kier molecular flexibility index (Phi) is 14.4. The highest BCUT2D eigenvalue weighted by Gasteiger charge is 2.42. The number of rotatable bonds is 17. The van der Waals surface area contributed by atoms with Gasteiger partial charge in [-0.2, -0.15) is 0 Å². The van der Waals surface area contributed by atoms with Gasteiger partial charge in [-0.1, -0.05) is 58.3 Å². The molecule has 0 aromatic rings. The van der Waals surface area contributed by atoms with Crippen LogP contribution in [0.1, 0.15) is 90.9 Å². The number of hydrogen-bond donors (Lipinski definition) is 4. The van der Waals surface area contributed by atoms with E-state index in [1.165, 1.54) is 39.0 Å². The molecule has 7 N–H and O–H groups in total. The van der Waals surface area contributed by atoms with Crippen LogP contribution in [0.25, 0.3) is 0 Å². The van der Waals surface area contributed by atoms with Gasteiger partial charge in [-0.05, 0) is 26.2 Å². The second-order valence-corrected chi connectivity index (χ2v) is 7.39. The zero-order valence-electron chi connectivity index (χ0n) is 17.6. The van der Waals surface area contributed by atoms with Gasteiger partial charge < -0.3 is 27.0 Å². The summed E-state index contributed by atoms with van der Waals surface area (Å²) in [7, 11) is 0. The molecular formula is C20H40N4O4. The summed E-state index contributed by atoms with van der Waals surface area (Å²) in [6, 6.07) is 0. The number of nitrogens with zero attached hydrogens (tertiary/aromatic N) is 1. The number of esters is 1. The van der Waals surface area contributed by atoms with Crippen molar-refractivity contribution in [1.29, 1.82) is 0 Å². The third kappa shape index (κ3) is 11.9. The van der Waals surface area contributed by atoms with Gasteiger partial charge in [0.25, 0.3) is 0 Å². The standard InChI is InChI=1S/C20H40N4O4/c1-3-4-5-6-7-8-9-10-11-13-17(26)20(23,18(27)28-16(2)25)14-12-15-24-19(21)22/h16,25H,3-15,23H2,1-2H3,(H4,21,22,24). The molecular weight excluding hydrogens is 360 g/mol. The molecule has 0 rings (SSSR count). The monoisotopic (exact) mass is 400 g/mol. The fourth-order valence-corrected chi connectivity index (χ4v) is 3.00. The molecule has 2 unspecified atom stereocenters. The van der Waals surface area contributed by atoms with Gasteiger partial charge in [0.15, 0.2) is 23.6 Å². The van der Waals surface area contributed by atoms with Crippen molar-refractivity contribution in [3.63, 3.8) is 0 Å². The van der Waals surface area contributed by atoms with Gasteiger partial charge in [0.05, 0.1) is 0 Å². The van der Waals surface area contributed by atoms with E-state index < -0.39 is 17.8 Å². The smallest absolute Gasteiger partial charge is 0.336 e. The Morgan fingerprint density at radius 1 is 1.00 bits per heavy atom. The average Bonchev–Trinajstić information content (AvgIpc) is 2.62. The molecule has 2 atom stereocenters. The number of ketones is 1. The highest BCUT2D eigenvalue weighted by Crippen LogP contribution is 2.19. The second kappa shape index (κ2) is 15.3. The minimum absolute atomic E-state index is 0.0600. The number of aliphatic imine (C=N–C) groups is 1. The Bertz CT molecular complexity index is 479. The van der Waals surface area contributed by atoms with Gasteiger partial charge >= 0.3 is 5.97 Å². The topological polar surface area (TPSA) is 154 Å². The van der Waals surface area contributed by atoms with Crippen molar-refractivity contribution >= 4 is 17.7 Å². The van der Waals surface area contributed by atoms with E-state index in [0.717, 1.165) is 19.3 Å². The number of ether oxygens (including phenoxy) is 1. The number of Topliss-reactive ketones (excluding diaryl/α,β-unsaturated/α-hetero) is 1. The van der Waals surface area contributed by atoms with Crippen molar-refractivity contribution < 1.29 is 19.4 Å². The first-order valence-corrected chi connectivity index (χ1v) is 10.5. The molecule has 0 spiro atoms. The maximum atomic E-state index is 12.6. The molecule has 0 aromatic carbocycles. The molecule has 8 heteroatoms. The van der Waals surface area contributed by atoms with Crippen LogP contribution in [0.2, 0.25) is 0 Å². The van der Waals surface area contributed by atoms with Crippen LogP contribution >= 0.6 is 0 Å². The highest BCUT2D eigenvalue weighted by molar-refractivity contribution is 6.08. The lowest BCUT2D eigenvalue weighted by Crippen LogP contribution is -2.56. The molecule has 8 nitrogen and oxygen atoms in total. The summed E-state index contributed by atoms with van der Waals surface area (Å²) in [5, 5.41) is 9.30. The van der Waals surface area contributed by atoms with Crippen LogP contribution in [0.3, 0.4) is 0 Å². The lowest BCUT2D eigenvalue weighted by atomic mass is 9.86. The van der Waals surface area contributed by atoms with Crippen LogP contribution in [0.5, 0.6) is 0 Å². The summed E-state index contributed by atoms with van der Waals surface area (Å²) in [6.45, 7) is 3.75. The maximum Gasteiger partial charge on any atom is 0.336 e. The minimum Gasteiger partial charge on any atom is -0.435 e. The lowest BCUT2D eigenvalue weighted by Gasteiger charge is -2.26. The fourth-order valence-electron chi connectivity index (χ4n) is 3.00. The second-order valence-electron chi connectivity index (χ2n) is 7.39. The summed E-state index contributed by atoms with van der Waals surface area (Å²) in [4.78, 5) is 28.8. The fraction of sp³-hybridized carbons (Fsp3) is 0.850. The summed E-state index contributed by atoms with van der Waals surface area (Å²) >= 11 is 0. The summed E-state index contributed by atoms with van der Waals surface area (Å²) < 4.78 is 4.79. The first-order chi connectivity index (χ1) is 13.2. The SMILES string of the molecule is CCCCCCCCCCCC(=O)C(N)(CCCN=C(N)N)C(=O)OC(C)O. The number of guanidine groups is 1. The Morgan fingerprint density at radius 2 is 1.54 bits per heavy atom. The zero-order chi connectivity index (χ0) is 21.4. The van der Waals surface area contributed by atoms with Crippen molar-refractivity contribution in [1.82, 2.24) is 0 Å². The predicted molar refractivity (Wildman–Crippen MR) is 111 cm³/mol. The third-order valence-corrected chi connectivity index (χ3v) is 4.67. The lowest BCUT2D eigenvalue weighted by molar-refractivity contribution is -0.173. The van der Waals surface area contributed by atoms with Crippen LogP contribution in [0.4, 0.5) is 0 Å². The molecule has 0 aliphatic heterocycles. The van der Waals surface area contributed by atoms with Gasteiger partial charge in [0.1, 0.15) is 0 Å². The van der Waals surface area contributed by atoms with Crippen LogP contribution in [-0.4, -0.2) is 41.2 Å². The van der Waals surface area contributed by atoms with Crippen molar-refractivity contribution in [2.75, 3.05) is 6.54 Å². The minimum atomic E-state index is -1.78. The third-order valence-electron chi connectivity index (χ3n) is 4.67. The van der Waals surface area contributed by atoms with Gasteiger partial charge in [-0.25, -0.2) is 4.79 Å². The van der Waals surface area contributed by atoms with E-state index >= 15 is 0 Å². The van der Waals surface area contributed by atoms with Gasteiger partial charge in [0.2, 0.25) is 0 Å². The molecule has 0 radical (unpaired) electrons. The number of aliphatic hydroxyl groups is 1. The Morgan fingerprint density at radius 3 is 2.04 bits per heavy atom. The molecule has 0 aromatic heterocycles. The number of hydrogen-bond acceptors (Lipinski definition) is 6. The van der Waals surface area contributed by atoms with E-state index in [2.05, 4.69) is 11.9 Å². The quantitative estimate of drug-likeness (QED) is 0.0728. The van der Waals surface area contributed by atoms with Crippen molar-refractivity contribution in [2.24, 2.45) is 22.2 Å². The highest BCUT2D eigenvalue weighted by atomic mass is 16.6. The van der Waals surface area contributed by atoms with Crippen LogP contribution in [-0.2, 0) is 14.3 Å². The number of unbranched alkanes of at least 4 members (excludes halogenated alkanes) is 8. The Labute approximate surface area is 169 Å². The number of nitrogens with two attached hydrogens (primary N) is 3. The van der Waals surface area contributed by atoms with Gasteiger partial charge in [-0.15, -0.1) is 0 Å². The van der Waals surface area contributed by atoms with E-state index in [1.54, 1.807) is 0 Å². The molecule has 0 aliphatic carbocycles. The van der Waals surface area contributed by atoms with Crippen LogP contribution in [0, 0.1) is 0 Å². The van der Waals surface area contributed by atoms with Gasteiger partial charge in [-0.3, -0.25) is 9.79 Å². The molecule has 0 saturated heterocycles. The first kappa shape index (κ1) is 26.3.